The van der Waals surface area contributed by atoms with Gasteiger partial charge in [0.25, 0.3) is 0 Å². The van der Waals surface area contributed by atoms with Gasteiger partial charge in [-0.05, 0) is 24.7 Å². The SMILES string of the molecule is CN1CCN(c2nc3ccccc3nc2C(C#N)C(O)OCc2ccccc2)CC1. The van der Waals surface area contributed by atoms with Gasteiger partial charge in [0.1, 0.15) is 11.6 Å². The first kappa shape index (κ1) is 20.2. The van der Waals surface area contributed by atoms with Crippen LogP contribution in [0.5, 0.6) is 0 Å². The predicted octanol–water partition coefficient (Wildman–Crippen LogP) is 2.52. The molecule has 1 aromatic heterocycles. The van der Waals surface area contributed by atoms with Gasteiger partial charge in [0.2, 0.25) is 0 Å². The predicted molar refractivity (Wildman–Crippen MR) is 115 cm³/mol. The number of piperazine rings is 1. The fraction of sp³-hybridized carbons (Fsp3) is 0.348. The Kier molecular flexibility index (Phi) is 6.19. The summed E-state index contributed by atoms with van der Waals surface area (Å²) in [7, 11) is 2.09. The molecule has 4 rings (SSSR count). The number of nitriles is 1. The molecular formula is C23H25N5O2. The third-order valence-corrected chi connectivity index (χ3v) is 5.36. The molecule has 154 valence electrons. The summed E-state index contributed by atoms with van der Waals surface area (Å²) >= 11 is 0. The fourth-order valence-electron chi connectivity index (χ4n) is 3.58. The van der Waals surface area contributed by atoms with Crippen molar-refractivity contribution in [1.29, 1.82) is 5.26 Å². The van der Waals surface area contributed by atoms with Gasteiger partial charge >= 0.3 is 0 Å². The van der Waals surface area contributed by atoms with Crippen LogP contribution in [0.15, 0.2) is 54.6 Å². The molecule has 1 saturated heterocycles. The van der Waals surface area contributed by atoms with Crippen LogP contribution in [0.4, 0.5) is 5.82 Å². The molecule has 1 N–H and O–H groups in total. The van der Waals surface area contributed by atoms with Crippen LogP contribution in [0.25, 0.3) is 11.0 Å². The first-order valence-electron chi connectivity index (χ1n) is 10.1. The van der Waals surface area contributed by atoms with E-state index in [4.69, 9.17) is 14.7 Å². The number of aliphatic hydroxyl groups is 1. The molecule has 0 bridgehead atoms. The van der Waals surface area contributed by atoms with Crippen LogP contribution >= 0.6 is 0 Å². The highest BCUT2D eigenvalue weighted by molar-refractivity contribution is 5.77. The maximum Gasteiger partial charge on any atom is 0.176 e. The summed E-state index contributed by atoms with van der Waals surface area (Å²) in [6, 6.07) is 19.4. The minimum Gasteiger partial charge on any atom is -0.366 e. The third kappa shape index (κ3) is 4.41. The summed E-state index contributed by atoms with van der Waals surface area (Å²) in [6.07, 6.45) is -1.31. The molecule has 7 heteroatoms. The van der Waals surface area contributed by atoms with Crippen molar-refractivity contribution >= 4 is 16.9 Å². The van der Waals surface area contributed by atoms with Crippen LogP contribution in [-0.2, 0) is 11.3 Å². The van der Waals surface area contributed by atoms with Gasteiger partial charge in [0, 0.05) is 26.2 Å². The highest BCUT2D eigenvalue weighted by Crippen LogP contribution is 2.30. The van der Waals surface area contributed by atoms with Gasteiger partial charge in [0.15, 0.2) is 12.1 Å². The molecule has 0 aliphatic carbocycles. The maximum absolute atomic E-state index is 10.7. The molecule has 2 aromatic carbocycles. The molecule has 0 spiro atoms. The van der Waals surface area contributed by atoms with Crippen molar-refractivity contribution in [3.05, 3.63) is 65.9 Å². The van der Waals surface area contributed by atoms with Crippen molar-refractivity contribution in [3.8, 4) is 6.07 Å². The summed E-state index contributed by atoms with van der Waals surface area (Å²) in [6.45, 7) is 3.59. The summed E-state index contributed by atoms with van der Waals surface area (Å²) in [5.41, 5.74) is 2.85. The smallest absolute Gasteiger partial charge is 0.176 e. The number of anilines is 1. The van der Waals surface area contributed by atoms with Gasteiger partial charge in [-0.2, -0.15) is 5.26 Å². The Morgan fingerprint density at radius 3 is 2.30 bits per heavy atom. The average Bonchev–Trinajstić information content (AvgIpc) is 2.79. The van der Waals surface area contributed by atoms with E-state index in [1.54, 1.807) is 0 Å². The lowest BCUT2D eigenvalue weighted by molar-refractivity contribution is -0.114. The summed E-state index contributed by atoms with van der Waals surface area (Å²) in [5.74, 6) is -0.295. The van der Waals surface area contributed by atoms with E-state index in [0.717, 1.165) is 37.3 Å². The zero-order chi connectivity index (χ0) is 20.9. The van der Waals surface area contributed by atoms with Crippen molar-refractivity contribution in [3.63, 3.8) is 0 Å². The van der Waals surface area contributed by atoms with Crippen molar-refractivity contribution in [2.24, 2.45) is 0 Å². The lowest BCUT2D eigenvalue weighted by atomic mass is 10.0. The Labute approximate surface area is 176 Å². The number of benzene rings is 2. The summed E-state index contributed by atoms with van der Waals surface area (Å²) < 4.78 is 5.65. The van der Waals surface area contributed by atoms with Crippen LogP contribution in [0, 0.1) is 11.3 Å². The summed E-state index contributed by atoms with van der Waals surface area (Å²) in [4.78, 5) is 14.0. The zero-order valence-electron chi connectivity index (χ0n) is 17.0. The largest absolute Gasteiger partial charge is 0.366 e. The van der Waals surface area contributed by atoms with Crippen molar-refractivity contribution in [1.82, 2.24) is 14.9 Å². The minimum absolute atomic E-state index is 0.213. The number of para-hydroxylation sites is 2. The molecule has 0 radical (unpaired) electrons. The molecule has 0 amide bonds. The number of hydrogen-bond acceptors (Lipinski definition) is 7. The molecule has 0 saturated carbocycles. The minimum atomic E-state index is -1.31. The van der Waals surface area contributed by atoms with E-state index in [2.05, 4.69) is 22.9 Å². The topological polar surface area (TPSA) is 85.5 Å². The monoisotopic (exact) mass is 403 g/mol. The fourth-order valence-corrected chi connectivity index (χ4v) is 3.58. The number of ether oxygens (including phenoxy) is 1. The molecule has 7 nitrogen and oxygen atoms in total. The van der Waals surface area contributed by atoms with E-state index >= 15 is 0 Å². The average molecular weight is 403 g/mol. The Balaban J connectivity index is 1.65. The molecule has 1 fully saturated rings. The van der Waals surface area contributed by atoms with Gasteiger partial charge < -0.3 is 19.6 Å². The summed E-state index contributed by atoms with van der Waals surface area (Å²) in [5, 5.41) is 20.6. The Morgan fingerprint density at radius 1 is 1.00 bits per heavy atom. The molecule has 2 unspecified atom stereocenters. The van der Waals surface area contributed by atoms with Crippen LogP contribution in [0.1, 0.15) is 17.2 Å². The van der Waals surface area contributed by atoms with E-state index in [1.807, 2.05) is 54.6 Å². The second kappa shape index (κ2) is 9.18. The normalized spacial score (nSPS) is 16.9. The Morgan fingerprint density at radius 2 is 1.63 bits per heavy atom. The number of hydrogen-bond donors (Lipinski definition) is 1. The van der Waals surface area contributed by atoms with Crippen molar-refractivity contribution < 1.29 is 9.84 Å². The van der Waals surface area contributed by atoms with Gasteiger partial charge in [-0.15, -0.1) is 0 Å². The van der Waals surface area contributed by atoms with Crippen LogP contribution in [0.3, 0.4) is 0 Å². The van der Waals surface area contributed by atoms with E-state index in [1.165, 1.54) is 0 Å². The first-order valence-corrected chi connectivity index (χ1v) is 10.1. The highest BCUT2D eigenvalue weighted by Gasteiger charge is 2.30. The highest BCUT2D eigenvalue weighted by atomic mass is 16.6. The molecule has 1 aliphatic heterocycles. The van der Waals surface area contributed by atoms with E-state index in [0.29, 0.717) is 17.0 Å². The third-order valence-electron chi connectivity index (χ3n) is 5.36. The molecule has 3 aromatic rings. The number of likely N-dealkylation sites (N-methyl/N-ethyl adjacent to an activating group) is 1. The van der Waals surface area contributed by atoms with E-state index < -0.39 is 12.2 Å². The first-order chi connectivity index (χ1) is 14.7. The molecule has 2 atom stereocenters. The van der Waals surface area contributed by atoms with Crippen molar-refractivity contribution in [2.45, 2.75) is 18.8 Å². The second-order valence-corrected chi connectivity index (χ2v) is 7.51. The van der Waals surface area contributed by atoms with Gasteiger partial charge in [-0.1, -0.05) is 42.5 Å². The number of aliphatic hydroxyl groups excluding tert-OH is 1. The number of rotatable bonds is 6. The number of nitrogens with zero attached hydrogens (tertiary/aromatic N) is 5. The van der Waals surface area contributed by atoms with Gasteiger partial charge in [-0.3, -0.25) is 0 Å². The second-order valence-electron chi connectivity index (χ2n) is 7.51. The van der Waals surface area contributed by atoms with Crippen molar-refractivity contribution in [2.75, 3.05) is 38.1 Å². The number of fused-ring (bicyclic) bond motifs is 1. The standard InChI is InChI=1S/C23H25N5O2/c1-27-11-13-28(14-12-27)22-21(25-19-9-5-6-10-20(19)26-22)18(15-24)23(29)30-16-17-7-3-2-4-8-17/h2-10,18,23,29H,11-14,16H2,1H3. The molecule has 1 aliphatic rings. The van der Waals surface area contributed by atoms with Crippen LogP contribution in [0.2, 0.25) is 0 Å². The Bertz CT molecular complexity index is 1030. The van der Waals surface area contributed by atoms with Gasteiger partial charge in [0.05, 0.1) is 23.7 Å². The molecule has 30 heavy (non-hydrogen) atoms. The molecule has 2 heterocycles. The quantitative estimate of drug-likeness (QED) is 0.633. The van der Waals surface area contributed by atoms with Crippen LogP contribution < -0.4 is 4.90 Å². The van der Waals surface area contributed by atoms with Crippen LogP contribution in [-0.4, -0.2) is 59.5 Å². The van der Waals surface area contributed by atoms with Gasteiger partial charge in [-0.25, -0.2) is 9.97 Å². The maximum atomic E-state index is 10.7. The molecular weight excluding hydrogens is 378 g/mol. The number of aromatic nitrogens is 2. The lowest BCUT2D eigenvalue weighted by Gasteiger charge is -2.34. The lowest BCUT2D eigenvalue weighted by Crippen LogP contribution is -2.45. The zero-order valence-corrected chi connectivity index (χ0v) is 17.0. The van der Waals surface area contributed by atoms with E-state index in [-0.39, 0.29) is 6.61 Å². The Hall–Kier alpha value is -3.05. The van der Waals surface area contributed by atoms with E-state index in [9.17, 15) is 10.4 Å².